The molecule has 212 valence electrons. The van der Waals surface area contributed by atoms with Crippen LogP contribution in [0, 0.1) is 0 Å². The third-order valence-corrected chi connectivity index (χ3v) is 8.68. The molecule has 0 unspecified atom stereocenters. The molecular weight excluding hydrogens is 603 g/mol. The van der Waals surface area contributed by atoms with Crippen molar-refractivity contribution >= 4 is 62.9 Å². The van der Waals surface area contributed by atoms with Gasteiger partial charge in [-0.1, -0.05) is 40.9 Å². The Morgan fingerprint density at radius 2 is 1.77 bits per heavy atom. The zero-order valence-electron chi connectivity index (χ0n) is 21.0. The van der Waals surface area contributed by atoms with E-state index in [2.05, 4.69) is 15.8 Å². The summed E-state index contributed by atoms with van der Waals surface area (Å²) in [6.07, 6.45) is 2.85. The quantitative estimate of drug-likeness (QED) is 0.195. The lowest BCUT2D eigenvalue weighted by Crippen LogP contribution is -2.41. The standard InChI is InChI=1S/C26H25Cl3N4O6S/c27-18-4-8-22(9-5-18)40(36,37)33(15-17-3-10-23(28)24(29)12-17)16-21-7-6-20(39-21)14-31-32-26(35)25(34)30-13-19-2-1-11-38-19/h3-10,12,14,19H,1-2,11,13,15-16H2,(H,30,34)(H,32,35)/b31-14+/t19-/m1/s1. The lowest BCUT2D eigenvalue weighted by molar-refractivity contribution is -0.139. The van der Waals surface area contributed by atoms with Crippen molar-refractivity contribution in [1.29, 1.82) is 0 Å². The monoisotopic (exact) mass is 626 g/mol. The van der Waals surface area contributed by atoms with Crippen molar-refractivity contribution in [1.82, 2.24) is 15.0 Å². The molecule has 0 bridgehead atoms. The van der Waals surface area contributed by atoms with Crippen molar-refractivity contribution in [2.75, 3.05) is 13.2 Å². The first-order chi connectivity index (χ1) is 19.1. The Morgan fingerprint density at radius 3 is 2.48 bits per heavy atom. The van der Waals surface area contributed by atoms with E-state index in [1.807, 2.05) is 0 Å². The zero-order valence-corrected chi connectivity index (χ0v) is 24.1. The van der Waals surface area contributed by atoms with E-state index in [4.69, 9.17) is 44.0 Å². The minimum absolute atomic E-state index is 0.0248. The first kappa shape index (κ1) is 30.0. The second-order valence-corrected chi connectivity index (χ2v) is 12.0. The molecule has 14 heteroatoms. The molecule has 0 aliphatic carbocycles. The van der Waals surface area contributed by atoms with Crippen molar-refractivity contribution in [2.24, 2.45) is 5.10 Å². The summed E-state index contributed by atoms with van der Waals surface area (Å²) in [5.74, 6) is -1.24. The highest BCUT2D eigenvalue weighted by molar-refractivity contribution is 7.89. The SMILES string of the molecule is O=C(NC[C@H]1CCCO1)C(=O)N/N=C/c1ccc(CN(Cc2ccc(Cl)c(Cl)c2)S(=O)(=O)c2ccc(Cl)cc2)o1. The number of halogens is 3. The highest BCUT2D eigenvalue weighted by atomic mass is 35.5. The van der Waals surface area contributed by atoms with Gasteiger partial charge in [0.05, 0.1) is 33.8 Å². The number of nitrogens with zero attached hydrogens (tertiary/aromatic N) is 2. The van der Waals surface area contributed by atoms with Crippen LogP contribution in [0.2, 0.25) is 15.1 Å². The van der Waals surface area contributed by atoms with Crippen LogP contribution < -0.4 is 10.7 Å². The van der Waals surface area contributed by atoms with Crippen molar-refractivity contribution < 1.29 is 27.2 Å². The summed E-state index contributed by atoms with van der Waals surface area (Å²) in [5.41, 5.74) is 2.74. The molecule has 2 aromatic carbocycles. The Hall–Kier alpha value is -2.93. The van der Waals surface area contributed by atoms with Gasteiger partial charge in [-0.15, -0.1) is 0 Å². The Balaban J connectivity index is 1.43. The summed E-state index contributed by atoms with van der Waals surface area (Å²) in [4.78, 5) is 23.9. The van der Waals surface area contributed by atoms with Crippen LogP contribution in [0.25, 0.3) is 0 Å². The predicted molar refractivity (Wildman–Crippen MR) is 151 cm³/mol. The Kier molecular flexibility index (Phi) is 10.2. The molecule has 1 aliphatic rings. The Labute approximate surface area is 246 Å². The lowest BCUT2D eigenvalue weighted by Gasteiger charge is -2.22. The van der Waals surface area contributed by atoms with Gasteiger partial charge in [-0.25, -0.2) is 13.8 Å². The van der Waals surface area contributed by atoms with Crippen molar-refractivity contribution in [2.45, 2.75) is 36.9 Å². The van der Waals surface area contributed by atoms with Crippen LogP contribution in [0.3, 0.4) is 0 Å². The predicted octanol–water partition coefficient (Wildman–Crippen LogP) is 4.38. The fourth-order valence-corrected chi connectivity index (χ4v) is 5.68. The third-order valence-electron chi connectivity index (χ3n) is 5.89. The number of amides is 2. The fourth-order valence-electron chi connectivity index (χ4n) is 3.84. The van der Waals surface area contributed by atoms with E-state index in [9.17, 15) is 18.0 Å². The zero-order chi connectivity index (χ0) is 28.7. The maximum absolute atomic E-state index is 13.5. The summed E-state index contributed by atoms with van der Waals surface area (Å²) >= 11 is 18.1. The van der Waals surface area contributed by atoms with E-state index in [0.29, 0.717) is 33.0 Å². The molecule has 1 fully saturated rings. The number of hydrogen-bond acceptors (Lipinski definition) is 7. The van der Waals surface area contributed by atoms with Gasteiger partial charge in [0.15, 0.2) is 0 Å². The van der Waals surface area contributed by atoms with Crippen LogP contribution in [0.15, 0.2) is 69.0 Å². The molecule has 2 N–H and O–H groups in total. The molecule has 3 aromatic rings. The van der Waals surface area contributed by atoms with Gasteiger partial charge < -0.3 is 14.5 Å². The molecule has 40 heavy (non-hydrogen) atoms. The first-order valence-corrected chi connectivity index (χ1v) is 14.7. The largest absolute Gasteiger partial charge is 0.459 e. The highest BCUT2D eigenvalue weighted by Crippen LogP contribution is 2.27. The smallest absolute Gasteiger partial charge is 0.329 e. The van der Waals surface area contributed by atoms with Crippen LogP contribution in [0.5, 0.6) is 0 Å². The summed E-state index contributed by atoms with van der Waals surface area (Å²) in [6, 6.07) is 13.8. The Bertz CT molecular complexity index is 1490. The number of furan rings is 1. The number of benzene rings is 2. The van der Waals surface area contributed by atoms with Gasteiger partial charge in [0.1, 0.15) is 11.5 Å². The van der Waals surface area contributed by atoms with E-state index in [-0.39, 0.29) is 36.4 Å². The number of hydrogen-bond donors (Lipinski definition) is 2. The molecule has 2 amide bonds. The van der Waals surface area contributed by atoms with Crippen LogP contribution in [0.4, 0.5) is 0 Å². The summed E-state index contributed by atoms with van der Waals surface area (Å²) in [6.45, 7) is 0.734. The van der Waals surface area contributed by atoms with Crippen LogP contribution >= 0.6 is 34.8 Å². The number of nitrogens with one attached hydrogen (secondary N) is 2. The number of carbonyl (C=O) groups is 2. The van der Waals surface area contributed by atoms with E-state index < -0.39 is 21.8 Å². The van der Waals surface area contributed by atoms with Crippen molar-refractivity contribution in [3.63, 3.8) is 0 Å². The van der Waals surface area contributed by atoms with Crippen LogP contribution in [-0.4, -0.2) is 50.0 Å². The maximum Gasteiger partial charge on any atom is 0.329 e. The minimum atomic E-state index is -3.98. The first-order valence-electron chi connectivity index (χ1n) is 12.1. The highest BCUT2D eigenvalue weighted by Gasteiger charge is 2.26. The lowest BCUT2D eigenvalue weighted by atomic mass is 10.2. The van der Waals surface area contributed by atoms with E-state index in [1.165, 1.54) is 34.8 Å². The molecule has 0 saturated carbocycles. The number of carbonyl (C=O) groups excluding carboxylic acids is 2. The minimum Gasteiger partial charge on any atom is -0.459 e. The van der Waals surface area contributed by atoms with Crippen molar-refractivity contribution in [3.05, 3.63) is 86.7 Å². The molecule has 1 aromatic heterocycles. The van der Waals surface area contributed by atoms with Gasteiger partial charge in [-0.2, -0.15) is 9.41 Å². The van der Waals surface area contributed by atoms with E-state index in [1.54, 1.807) is 30.3 Å². The normalized spacial score (nSPS) is 15.6. The van der Waals surface area contributed by atoms with Gasteiger partial charge in [0.2, 0.25) is 10.0 Å². The topological polar surface area (TPSA) is 130 Å². The van der Waals surface area contributed by atoms with Gasteiger partial charge in [-0.05, 0) is 66.9 Å². The molecule has 10 nitrogen and oxygen atoms in total. The average Bonchev–Trinajstić information content (AvgIpc) is 3.61. The second-order valence-electron chi connectivity index (χ2n) is 8.82. The van der Waals surface area contributed by atoms with Gasteiger partial charge in [0, 0.05) is 24.7 Å². The van der Waals surface area contributed by atoms with Gasteiger partial charge >= 0.3 is 11.8 Å². The van der Waals surface area contributed by atoms with Gasteiger partial charge in [-0.3, -0.25) is 9.59 Å². The number of hydrazone groups is 1. The van der Waals surface area contributed by atoms with Crippen molar-refractivity contribution in [3.8, 4) is 0 Å². The molecule has 0 spiro atoms. The molecular formula is C26H25Cl3N4O6S. The molecule has 1 saturated heterocycles. The molecule has 1 aliphatic heterocycles. The number of ether oxygens (including phenoxy) is 1. The Morgan fingerprint density at radius 1 is 1.00 bits per heavy atom. The third kappa shape index (κ3) is 8.06. The summed E-state index contributed by atoms with van der Waals surface area (Å²) in [5, 5.41) is 7.28. The average molecular weight is 628 g/mol. The number of rotatable bonds is 10. The summed E-state index contributed by atoms with van der Waals surface area (Å²) in [7, 11) is -3.98. The van der Waals surface area contributed by atoms with E-state index in [0.717, 1.165) is 12.8 Å². The molecule has 0 radical (unpaired) electrons. The number of sulfonamides is 1. The van der Waals surface area contributed by atoms with E-state index >= 15 is 0 Å². The molecule has 4 rings (SSSR count). The van der Waals surface area contributed by atoms with Crippen LogP contribution in [-0.2, 0) is 37.4 Å². The molecule has 2 heterocycles. The fraction of sp³-hybridized carbons (Fsp3) is 0.269. The second kappa shape index (κ2) is 13.6. The maximum atomic E-state index is 13.5. The van der Waals surface area contributed by atoms with Gasteiger partial charge in [0.25, 0.3) is 0 Å². The molecule has 1 atom stereocenters. The summed E-state index contributed by atoms with van der Waals surface area (Å²) < 4.78 is 39.4. The van der Waals surface area contributed by atoms with Crippen LogP contribution in [0.1, 0.15) is 29.9 Å².